The molecule has 2 heterocycles. The predicted molar refractivity (Wildman–Crippen MR) is 84.2 cm³/mol. The van der Waals surface area contributed by atoms with E-state index in [1.54, 1.807) is 0 Å². The summed E-state index contributed by atoms with van der Waals surface area (Å²) in [5.74, 6) is 0. The maximum Gasteiger partial charge on any atom is 0.0843 e. The van der Waals surface area contributed by atoms with Gasteiger partial charge >= 0.3 is 0 Å². The third kappa shape index (κ3) is 3.37. The van der Waals surface area contributed by atoms with E-state index < -0.39 is 0 Å². The van der Waals surface area contributed by atoms with E-state index in [0.29, 0.717) is 0 Å². The van der Waals surface area contributed by atoms with E-state index >= 15 is 0 Å². The smallest absolute Gasteiger partial charge is 0.0843 e. The van der Waals surface area contributed by atoms with Crippen molar-refractivity contribution in [2.45, 2.75) is 44.3 Å². The summed E-state index contributed by atoms with van der Waals surface area (Å²) in [6.45, 7) is 3.54. The molecule has 1 atom stereocenters. The first kappa shape index (κ1) is 13.6. The molecule has 1 N–H and O–H groups in total. The summed E-state index contributed by atoms with van der Waals surface area (Å²) in [5, 5.41) is 3.62. The first-order valence-corrected chi connectivity index (χ1v) is 9.04. The lowest BCUT2D eigenvalue weighted by Crippen LogP contribution is -2.38. The molecule has 2 fully saturated rings. The third-order valence-corrected chi connectivity index (χ3v) is 6.98. The first-order chi connectivity index (χ1) is 8.72. The molecular weight excluding hydrogens is 376 g/mol. The maximum atomic E-state index is 3.62. The zero-order chi connectivity index (χ0) is 12.5. The Labute approximate surface area is 129 Å². The Morgan fingerprint density at radius 2 is 2.17 bits per heavy atom. The van der Waals surface area contributed by atoms with Gasteiger partial charge in [0.15, 0.2) is 0 Å². The highest BCUT2D eigenvalue weighted by Crippen LogP contribution is 2.35. The molecule has 0 amide bonds. The quantitative estimate of drug-likeness (QED) is 0.813. The van der Waals surface area contributed by atoms with Crippen LogP contribution in [-0.2, 0) is 6.54 Å². The molecule has 0 aromatic carbocycles. The van der Waals surface area contributed by atoms with Crippen molar-refractivity contribution in [1.82, 2.24) is 10.2 Å². The van der Waals surface area contributed by atoms with Crippen molar-refractivity contribution in [2.75, 3.05) is 13.1 Å². The summed E-state index contributed by atoms with van der Waals surface area (Å²) < 4.78 is 2.41. The summed E-state index contributed by atoms with van der Waals surface area (Å²) in [6.07, 6.45) is 5.47. The van der Waals surface area contributed by atoms with Gasteiger partial charge in [-0.3, -0.25) is 4.90 Å². The Bertz CT molecular complexity index is 392. The predicted octanol–water partition coefficient (Wildman–Crippen LogP) is 3.99. The minimum Gasteiger partial charge on any atom is -0.313 e. The molecule has 0 radical (unpaired) electrons. The summed E-state index contributed by atoms with van der Waals surface area (Å²) in [7, 11) is 0. The van der Waals surface area contributed by atoms with Gasteiger partial charge < -0.3 is 5.32 Å². The van der Waals surface area contributed by atoms with Crippen LogP contribution in [0.15, 0.2) is 14.3 Å². The summed E-state index contributed by atoms with van der Waals surface area (Å²) in [4.78, 5) is 4.13. The minimum atomic E-state index is 0.720. The lowest BCUT2D eigenvalue weighted by atomic mass is 10.2. The number of hydrogen-bond donors (Lipinski definition) is 1. The summed E-state index contributed by atoms with van der Waals surface area (Å²) >= 11 is 9.02. The molecule has 1 aromatic rings. The average molecular weight is 394 g/mol. The van der Waals surface area contributed by atoms with Gasteiger partial charge in [-0.2, -0.15) is 0 Å². The molecule has 1 aliphatic heterocycles. The Kier molecular flexibility index (Phi) is 4.46. The van der Waals surface area contributed by atoms with Crippen molar-refractivity contribution >= 4 is 43.2 Å². The molecule has 1 saturated heterocycles. The van der Waals surface area contributed by atoms with Crippen molar-refractivity contribution in [2.24, 2.45) is 0 Å². The van der Waals surface area contributed by atoms with Crippen molar-refractivity contribution < 1.29 is 0 Å². The van der Waals surface area contributed by atoms with Crippen LogP contribution in [-0.4, -0.2) is 30.1 Å². The minimum absolute atomic E-state index is 0.720. The van der Waals surface area contributed by atoms with E-state index in [2.05, 4.69) is 48.1 Å². The number of nitrogens with one attached hydrogen (secondary N) is 1. The average Bonchev–Trinajstić information content (AvgIpc) is 2.98. The highest BCUT2D eigenvalue weighted by Gasteiger charge is 2.31. The van der Waals surface area contributed by atoms with Crippen LogP contribution in [0.1, 0.15) is 30.6 Å². The highest BCUT2D eigenvalue weighted by atomic mass is 79.9. The SMILES string of the molecule is Brc1cc(CN(CC2CCCN2)C2CC2)sc1Br. The summed E-state index contributed by atoms with van der Waals surface area (Å²) in [6, 6.07) is 3.82. The molecule has 0 spiro atoms. The van der Waals surface area contributed by atoms with Crippen molar-refractivity contribution in [1.29, 1.82) is 0 Å². The fraction of sp³-hybridized carbons (Fsp3) is 0.692. The van der Waals surface area contributed by atoms with Crippen LogP contribution in [0, 0.1) is 0 Å². The fourth-order valence-corrected chi connectivity index (χ4v) is 4.85. The second kappa shape index (κ2) is 5.92. The standard InChI is InChI=1S/C13H18Br2N2S/c14-12-6-11(18-13(12)15)8-17(10-3-4-10)7-9-2-1-5-16-9/h6,9-10,16H,1-5,7-8H2. The summed E-state index contributed by atoms with van der Waals surface area (Å²) in [5.41, 5.74) is 0. The highest BCUT2D eigenvalue weighted by molar-refractivity contribution is 9.13. The topological polar surface area (TPSA) is 15.3 Å². The molecule has 0 bridgehead atoms. The molecule has 18 heavy (non-hydrogen) atoms. The van der Waals surface area contributed by atoms with Crippen molar-refractivity contribution in [3.63, 3.8) is 0 Å². The maximum absolute atomic E-state index is 3.62. The number of halogens is 2. The third-order valence-electron chi connectivity index (χ3n) is 3.74. The number of thiophene rings is 1. The van der Waals surface area contributed by atoms with E-state index in [4.69, 9.17) is 0 Å². The zero-order valence-corrected chi connectivity index (χ0v) is 14.3. The van der Waals surface area contributed by atoms with Crippen LogP contribution in [0.5, 0.6) is 0 Å². The molecule has 100 valence electrons. The van der Waals surface area contributed by atoms with Gasteiger partial charge in [-0.25, -0.2) is 0 Å². The normalized spacial score (nSPS) is 24.1. The second-order valence-corrected chi connectivity index (χ2v) is 8.60. The van der Waals surface area contributed by atoms with Gasteiger partial charge in [-0.05, 0) is 70.2 Å². The van der Waals surface area contributed by atoms with Crippen LogP contribution in [0.3, 0.4) is 0 Å². The molecule has 2 aliphatic rings. The largest absolute Gasteiger partial charge is 0.313 e. The molecule has 2 nitrogen and oxygen atoms in total. The van der Waals surface area contributed by atoms with Gasteiger partial charge in [0.1, 0.15) is 0 Å². The molecule has 1 aromatic heterocycles. The van der Waals surface area contributed by atoms with Gasteiger partial charge in [0.25, 0.3) is 0 Å². The van der Waals surface area contributed by atoms with E-state index in [1.807, 2.05) is 11.3 Å². The van der Waals surface area contributed by atoms with Crippen LogP contribution in [0.2, 0.25) is 0 Å². The molecule has 3 rings (SSSR count). The lowest BCUT2D eigenvalue weighted by molar-refractivity contribution is 0.233. The Morgan fingerprint density at radius 1 is 1.33 bits per heavy atom. The second-order valence-electron chi connectivity index (χ2n) is 5.29. The Morgan fingerprint density at radius 3 is 2.72 bits per heavy atom. The first-order valence-electron chi connectivity index (χ1n) is 6.63. The van der Waals surface area contributed by atoms with Gasteiger partial charge in [0.05, 0.1) is 3.79 Å². The Hall–Kier alpha value is 0.580. The van der Waals surface area contributed by atoms with Gasteiger partial charge in [-0.15, -0.1) is 11.3 Å². The van der Waals surface area contributed by atoms with Crippen LogP contribution < -0.4 is 5.32 Å². The zero-order valence-electron chi connectivity index (χ0n) is 10.3. The number of nitrogens with zero attached hydrogens (tertiary/aromatic N) is 1. The van der Waals surface area contributed by atoms with Gasteiger partial charge in [0, 0.05) is 34.5 Å². The van der Waals surface area contributed by atoms with Crippen molar-refractivity contribution in [3.05, 3.63) is 19.2 Å². The molecular formula is C13H18Br2N2S. The van der Waals surface area contributed by atoms with Crippen LogP contribution in [0.25, 0.3) is 0 Å². The van der Waals surface area contributed by atoms with Gasteiger partial charge in [0.2, 0.25) is 0 Å². The lowest BCUT2D eigenvalue weighted by Gasteiger charge is -2.24. The number of hydrogen-bond acceptors (Lipinski definition) is 3. The monoisotopic (exact) mass is 392 g/mol. The van der Waals surface area contributed by atoms with Crippen LogP contribution in [0.4, 0.5) is 0 Å². The van der Waals surface area contributed by atoms with E-state index in [1.165, 1.54) is 51.9 Å². The van der Waals surface area contributed by atoms with Crippen LogP contribution >= 0.6 is 43.2 Å². The molecule has 5 heteroatoms. The van der Waals surface area contributed by atoms with Crippen molar-refractivity contribution in [3.8, 4) is 0 Å². The molecule has 1 unspecified atom stereocenters. The van der Waals surface area contributed by atoms with E-state index in [0.717, 1.165) is 18.6 Å². The molecule has 1 saturated carbocycles. The molecule has 1 aliphatic carbocycles. The fourth-order valence-electron chi connectivity index (χ4n) is 2.65. The van der Waals surface area contributed by atoms with E-state index in [-0.39, 0.29) is 0 Å². The van der Waals surface area contributed by atoms with Gasteiger partial charge in [-0.1, -0.05) is 0 Å². The Balaban J connectivity index is 1.62. The number of rotatable bonds is 5. The van der Waals surface area contributed by atoms with E-state index in [9.17, 15) is 0 Å².